The van der Waals surface area contributed by atoms with Crippen molar-refractivity contribution in [2.45, 2.75) is 13.8 Å². The zero-order chi connectivity index (χ0) is 17.4. The summed E-state index contributed by atoms with van der Waals surface area (Å²) in [5, 5.41) is 4.69. The average Bonchev–Trinajstić information content (AvgIpc) is 2.55. The molecule has 0 fully saturated rings. The van der Waals surface area contributed by atoms with Gasteiger partial charge in [-0.1, -0.05) is 68.5 Å². The lowest BCUT2D eigenvalue weighted by Gasteiger charge is -2.28. The van der Waals surface area contributed by atoms with Gasteiger partial charge in [-0.3, -0.25) is 5.43 Å². The van der Waals surface area contributed by atoms with Crippen molar-refractivity contribution in [2.75, 3.05) is 26.1 Å². The van der Waals surface area contributed by atoms with E-state index >= 15 is 0 Å². The quantitative estimate of drug-likeness (QED) is 0.588. The van der Waals surface area contributed by atoms with Crippen LogP contribution in [0.1, 0.15) is 19.4 Å². The van der Waals surface area contributed by atoms with Crippen molar-refractivity contribution in [1.82, 2.24) is 4.90 Å². The fraction of sp³-hybridized carbons (Fsp3) is 0.286. The van der Waals surface area contributed by atoms with Crippen molar-refractivity contribution in [3.8, 4) is 0 Å². The summed E-state index contributed by atoms with van der Waals surface area (Å²) in [7, 11) is 4.18. The van der Waals surface area contributed by atoms with Crippen LogP contribution in [0.2, 0.25) is 0 Å². The molecule has 2 aromatic carbocycles. The molecule has 0 heterocycles. The molecular formula is C21H27N3. The Bertz CT molecular complexity index is 671. The first kappa shape index (κ1) is 18.0. The van der Waals surface area contributed by atoms with Crippen LogP contribution in [0.25, 0.3) is 6.08 Å². The highest BCUT2D eigenvalue weighted by Crippen LogP contribution is 2.21. The summed E-state index contributed by atoms with van der Waals surface area (Å²) in [5.41, 5.74) is 6.28. The second kappa shape index (κ2) is 8.46. The van der Waals surface area contributed by atoms with Gasteiger partial charge in [-0.2, -0.15) is 5.10 Å². The van der Waals surface area contributed by atoms with E-state index in [1.165, 1.54) is 5.56 Å². The predicted octanol–water partition coefficient (Wildman–Crippen LogP) is 4.76. The summed E-state index contributed by atoms with van der Waals surface area (Å²) in [4.78, 5) is 2.19. The Labute approximate surface area is 145 Å². The highest BCUT2D eigenvalue weighted by atomic mass is 15.3. The van der Waals surface area contributed by atoms with E-state index in [2.05, 4.69) is 67.7 Å². The van der Waals surface area contributed by atoms with Gasteiger partial charge in [-0.15, -0.1) is 0 Å². The van der Waals surface area contributed by atoms with E-state index in [1.807, 2.05) is 48.5 Å². The molecule has 3 nitrogen and oxygen atoms in total. The van der Waals surface area contributed by atoms with Crippen LogP contribution in [0.15, 0.2) is 71.8 Å². The highest BCUT2D eigenvalue weighted by Gasteiger charge is 2.24. The molecule has 0 atom stereocenters. The Morgan fingerprint density at radius 1 is 1.00 bits per heavy atom. The maximum atomic E-state index is 4.69. The van der Waals surface area contributed by atoms with Gasteiger partial charge < -0.3 is 4.90 Å². The first-order chi connectivity index (χ1) is 11.5. The number of allylic oxidation sites excluding steroid dienone is 1. The summed E-state index contributed by atoms with van der Waals surface area (Å²) in [5.74, 6) is 0. The second-order valence-electron chi connectivity index (χ2n) is 6.84. The third kappa shape index (κ3) is 5.67. The van der Waals surface area contributed by atoms with E-state index in [4.69, 9.17) is 0 Å². The lowest BCUT2D eigenvalue weighted by Crippen LogP contribution is -2.35. The molecule has 126 valence electrons. The summed E-state index contributed by atoms with van der Waals surface area (Å²) in [6.45, 7) is 5.35. The maximum absolute atomic E-state index is 4.69. The first-order valence-corrected chi connectivity index (χ1v) is 8.24. The van der Waals surface area contributed by atoms with Gasteiger partial charge in [0.25, 0.3) is 0 Å². The van der Waals surface area contributed by atoms with Crippen molar-refractivity contribution in [3.63, 3.8) is 0 Å². The summed E-state index contributed by atoms with van der Waals surface area (Å²) in [6, 6.07) is 20.3. The minimum atomic E-state index is -0.0729. The minimum Gasteiger partial charge on any atom is -0.308 e. The zero-order valence-corrected chi connectivity index (χ0v) is 15.0. The Kier molecular flexibility index (Phi) is 6.33. The zero-order valence-electron chi connectivity index (χ0n) is 15.0. The standard InChI is InChI=1S/C21H27N3/c1-21(2,17-24(3)4)20(16-15-18-11-7-5-8-12-18)23-22-19-13-9-6-10-14-19/h5-16,22H,17H2,1-4H3/b16-15-,23-20+. The molecule has 0 aromatic heterocycles. The third-order valence-electron chi connectivity index (χ3n) is 3.72. The molecule has 0 amide bonds. The molecule has 0 radical (unpaired) electrons. The van der Waals surface area contributed by atoms with Gasteiger partial charge >= 0.3 is 0 Å². The number of hydrogen-bond acceptors (Lipinski definition) is 3. The Balaban J connectivity index is 2.25. The fourth-order valence-electron chi connectivity index (χ4n) is 2.66. The van der Waals surface area contributed by atoms with Crippen LogP contribution in [0.3, 0.4) is 0 Å². The van der Waals surface area contributed by atoms with Gasteiger partial charge in [0.1, 0.15) is 0 Å². The second-order valence-corrected chi connectivity index (χ2v) is 6.84. The molecule has 0 bridgehead atoms. The van der Waals surface area contributed by atoms with Gasteiger partial charge in [0, 0.05) is 12.0 Å². The molecule has 2 rings (SSSR count). The fourth-order valence-corrected chi connectivity index (χ4v) is 2.66. The predicted molar refractivity (Wildman–Crippen MR) is 105 cm³/mol. The smallest absolute Gasteiger partial charge is 0.0676 e. The van der Waals surface area contributed by atoms with E-state index < -0.39 is 0 Å². The third-order valence-corrected chi connectivity index (χ3v) is 3.72. The molecule has 0 aliphatic heterocycles. The molecule has 0 unspecified atom stereocenters. The number of hydrogen-bond donors (Lipinski definition) is 1. The topological polar surface area (TPSA) is 27.6 Å². The van der Waals surface area contributed by atoms with E-state index in [1.54, 1.807) is 0 Å². The molecule has 2 aromatic rings. The molecule has 0 saturated carbocycles. The number of nitrogens with zero attached hydrogens (tertiary/aromatic N) is 2. The van der Waals surface area contributed by atoms with Crippen molar-refractivity contribution in [2.24, 2.45) is 10.5 Å². The normalized spacial score (nSPS) is 12.8. The van der Waals surface area contributed by atoms with Crippen LogP contribution in [0.5, 0.6) is 0 Å². The van der Waals surface area contributed by atoms with E-state index in [0.717, 1.165) is 17.9 Å². The largest absolute Gasteiger partial charge is 0.308 e. The molecule has 0 aliphatic rings. The van der Waals surface area contributed by atoms with Crippen LogP contribution in [0.4, 0.5) is 5.69 Å². The molecule has 0 aliphatic carbocycles. The van der Waals surface area contributed by atoms with Crippen LogP contribution < -0.4 is 5.43 Å². The first-order valence-electron chi connectivity index (χ1n) is 8.24. The summed E-state index contributed by atoms with van der Waals surface area (Å²) < 4.78 is 0. The van der Waals surface area contributed by atoms with E-state index in [-0.39, 0.29) is 5.41 Å². The Hall–Kier alpha value is -2.39. The number of benzene rings is 2. The lowest BCUT2D eigenvalue weighted by atomic mass is 9.86. The maximum Gasteiger partial charge on any atom is 0.0676 e. The van der Waals surface area contributed by atoms with Gasteiger partial charge in [0.15, 0.2) is 0 Å². The van der Waals surface area contributed by atoms with Gasteiger partial charge in [0.2, 0.25) is 0 Å². The van der Waals surface area contributed by atoms with E-state index in [9.17, 15) is 0 Å². The van der Waals surface area contributed by atoms with Gasteiger partial charge in [0.05, 0.1) is 11.4 Å². The van der Waals surface area contributed by atoms with Crippen molar-refractivity contribution < 1.29 is 0 Å². The Morgan fingerprint density at radius 2 is 1.58 bits per heavy atom. The van der Waals surface area contributed by atoms with Crippen LogP contribution in [0, 0.1) is 5.41 Å². The van der Waals surface area contributed by atoms with Crippen LogP contribution in [-0.4, -0.2) is 31.3 Å². The number of rotatable bonds is 7. The molecular weight excluding hydrogens is 294 g/mol. The number of hydrazone groups is 1. The molecule has 24 heavy (non-hydrogen) atoms. The summed E-state index contributed by atoms with van der Waals surface area (Å²) in [6.07, 6.45) is 4.22. The number of anilines is 1. The molecule has 3 heteroatoms. The van der Waals surface area contributed by atoms with Crippen molar-refractivity contribution in [1.29, 1.82) is 0 Å². The molecule has 0 spiro atoms. The summed E-state index contributed by atoms with van der Waals surface area (Å²) >= 11 is 0. The van der Waals surface area contributed by atoms with Crippen molar-refractivity contribution in [3.05, 3.63) is 72.3 Å². The van der Waals surface area contributed by atoms with Gasteiger partial charge in [-0.05, 0) is 37.9 Å². The lowest BCUT2D eigenvalue weighted by molar-refractivity contribution is 0.311. The monoisotopic (exact) mass is 321 g/mol. The minimum absolute atomic E-state index is 0.0729. The van der Waals surface area contributed by atoms with Gasteiger partial charge in [-0.25, -0.2) is 0 Å². The molecule has 0 saturated heterocycles. The number of nitrogens with one attached hydrogen (secondary N) is 1. The van der Waals surface area contributed by atoms with Crippen LogP contribution >= 0.6 is 0 Å². The van der Waals surface area contributed by atoms with E-state index in [0.29, 0.717) is 0 Å². The van der Waals surface area contributed by atoms with Crippen molar-refractivity contribution >= 4 is 17.5 Å². The van der Waals surface area contributed by atoms with Crippen LogP contribution in [-0.2, 0) is 0 Å². The Morgan fingerprint density at radius 3 is 2.17 bits per heavy atom. The highest BCUT2D eigenvalue weighted by molar-refractivity contribution is 6.02. The molecule has 1 N–H and O–H groups in total. The number of para-hydroxylation sites is 1. The average molecular weight is 321 g/mol. The SMILES string of the molecule is CN(C)CC(C)(C)C(/C=C\c1ccccc1)=N/Nc1ccccc1.